The van der Waals surface area contributed by atoms with Gasteiger partial charge in [0.2, 0.25) is 0 Å². The summed E-state index contributed by atoms with van der Waals surface area (Å²) in [5.74, 6) is -0.00354. The van der Waals surface area contributed by atoms with Crippen molar-refractivity contribution in [2.75, 3.05) is 5.75 Å². The molecule has 0 amide bonds. The van der Waals surface area contributed by atoms with E-state index in [1.54, 1.807) is 11.9 Å². The second-order valence-electron chi connectivity index (χ2n) is 1.50. The van der Waals surface area contributed by atoms with E-state index >= 15 is 0 Å². The van der Waals surface area contributed by atoms with E-state index in [4.69, 9.17) is 5.26 Å². The molecule has 0 fully saturated rings. The van der Waals surface area contributed by atoms with Crippen LogP contribution in [0.15, 0.2) is 0 Å². The van der Waals surface area contributed by atoms with Crippen molar-refractivity contribution < 1.29 is 11.7 Å². The number of hydrogen-bond acceptors (Lipinski definition) is 4. The average Bonchev–Trinajstić information content (AvgIpc) is 1.84. The van der Waals surface area contributed by atoms with Crippen LogP contribution in [-0.2, 0) is 13.4 Å². The van der Waals surface area contributed by atoms with E-state index in [-0.39, 0.29) is 5.75 Å². The SMILES string of the molecule is CCCS(=O)(=O)O[Se]C#N. The van der Waals surface area contributed by atoms with Gasteiger partial charge in [0.1, 0.15) is 0 Å². The summed E-state index contributed by atoms with van der Waals surface area (Å²) in [5, 5.41) is 7.99. The molecule has 0 aromatic rings. The number of rotatable bonds is 4. The van der Waals surface area contributed by atoms with Crippen LogP contribution < -0.4 is 0 Å². The third kappa shape index (κ3) is 4.77. The van der Waals surface area contributed by atoms with E-state index in [2.05, 4.69) is 3.27 Å². The van der Waals surface area contributed by atoms with Gasteiger partial charge in [-0.25, -0.2) is 0 Å². The Morgan fingerprint density at radius 2 is 2.30 bits per heavy atom. The number of hydrogen-bond donors (Lipinski definition) is 0. The van der Waals surface area contributed by atoms with Crippen molar-refractivity contribution >= 4 is 25.4 Å². The fourth-order valence-electron chi connectivity index (χ4n) is 0.351. The van der Waals surface area contributed by atoms with Gasteiger partial charge in [-0.1, -0.05) is 0 Å². The van der Waals surface area contributed by atoms with Crippen LogP contribution in [0.1, 0.15) is 13.3 Å². The van der Waals surface area contributed by atoms with Gasteiger partial charge < -0.3 is 0 Å². The summed E-state index contributed by atoms with van der Waals surface area (Å²) in [6.07, 6.45) is 0.518. The van der Waals surface area contributed by atoms with Crippen molar-refractivity contribution in [3.8, 4) is 4.97 Å². The summed E-state index contributed by atoms with van der Waals surface area (Å²) in [7, 11) is -3.39. The average molecular weight is 228 g/mol. The summed E-state index contributed by atoms with van der Waals surface area (Å²) in [6.45, 7) is 1.74. The van der Waals surface area contributed by atoms with Crippen LogP contribution in [0.25, 0.3) is 0 Å². The van der Waals surface area contributed by atoms with E-state index in [1.165, 1.54) is 0 Å². The van der Waals surface area contributed by atoms with Crippen LogP contribution in [0.3, 0.4) is 0 Å². The molecular weight excluding hydrogens is 221 g/mol. The Kier molecular flexibility index (Phi) is 4.65. The van der Waals surface area contributed by atoms with Crippen molar-refractivity contribution in [2.45, 2.75) is 13.3 Å². The molecule has 0 aromatic heterocycles. The van der Waals surface area contributed by atoms with Crippen LogP contribution in [-0.4, -0.2) is 29.5 Å². The molecule has 0 aromatic carbocycles. The molecular formula is C4H7NO3SSe. The van der Waals surface area contributed by atoms with Crippen molar-refractivity contribution in [2.24, 2.45) is 0 Å². The summed E-state index contributed by atoms with van der Waals surface area (Å²) in [6, 6.07) is 0. The maximum atomic E-state index is 10.6. The van der Waals surface area contributed by atoms with E-state index in [0.29, 0.717) is 6.42 Å². The Labute approximate surface area is 66.8 Å². The molecule has 0 aliphatic heterocycles. The Morgan fingerprint density at radius 1 is 1.70 bits per heavy atom. The fraction of sp³-hybridized carbons (Fsp3) is 0.750. The van der Waals surface area contributed by atoms with E-state index < -0.39 is 25.4 Å². The Morgan fingerprint density at radius 3 is 2.70 bits per heavy atom. The second-order valence-corrected chi connectivity index (χ2v) is 4.75. The van der Waals surface area contributed by atoms with Crippen molar-refractivity contribution in [3.63, 3.8) is 0 Å². The van der Waals surface area contributed by atoms with Gasteiger partial charge in [-0.3, -0.25) is 0 Å². The van der Waals surface area contributed by atoms with Crippen LogP contribution in [0.4, 0.5) is 0 Å². The molecule has 6 heteroatoms. The third-order valence-corrected chi connectivity index (χ3v) is 3.70. The van der Waals surface area contributed by atoms with Crippen LogP contribution >= 0.6 is 0 Å². The van der Waals surface area contributed by atoms with Gasteiger partial charge in [0.15, 0.2) is 0 Å². The monoisotopic (exact) mass is 229 g/mol. The molecule has 0 spiro atoms. The summed E-state index contributed by atoms with van der Waals surface area (Å²) in [4.78, 5) is 1.64. The first-order chi connectivity index (χ1) is 4.62. The normalized spacial score (nSPS) is 10.8. The molecule has 0 unspecified atom stereocenters. The Hall–Kier alpha value is -0.0805. The predicted octanol–water partition coefficient (Wildman–Crippen LogP) is -0.157. The predicted molar refractivity (Wildman–Crippen MR) is 36.5 cm³/mol. The molecule has 58 valence electrons. The van der Waals surface area contributed by atoms with Gasteiger partial charge in [-0.05, 0) is 0 Å². The molecule has 10 heavy (non-hydrogen) atoms. The van der Waals surface area contributed by atoms with Crippen molar-refractivity contribution in [1.29, 1.82) is 5.26 Å². The molecule has 0 atom stereocenters. The molecule has 0 rings (SSSR count). The first-order valence-electron chi connectivity index (χ1n) is 2.59. The minimum atomic E-state index is -3.39. The zero-order valence-electron chi connectivity index (χ0n) is 5.40. The van der Waals surface area contributed by atoms with Gasteiger partial charge in [-0.15, -0.1) is 0 Å². The molecule has 0 bridgehead atoms. The van der Waals surface area contributed by atoms with Gasteiger partial charge in [0.05, 0.1) is 0 Å². The third-order valence-electron chi connectivity index (χ3n) is 0.629. The molecule has 4 nitrogen and oxygen atoms in total. The molecule has 0 saturated heterocycles. The molecule has 0 saturated carbocycles. The van der Waals surface area contributed by atoms with Crippen LogP contribution in [0.2, 0.25) is 0 Å². The van der Waals surface area contributed by atoms with Crippen LogP contribution in [0.5, 0.6) is 0 Å². The summed E-state index contributed by atoms with van der Waals surface area (Å²) < 4.78 is 25.6. The van der Waals surface area contributed by atoms with Crippen molar-refractivity contribution in [3.05, 3.63) is 0 Å². The summed E-state index contributed by atoms with van der Waals surface area (Å²) >= 11 is -0.881. The van der Waals surface area contributed by atoms with E-state index in [9.17, 15) is 8.42 Å². The van der Waals surface area contributed by atoms with Gasteiger partial charge in [0.25, 0.3) is 0 Å². The van der Waals surface area contributed by atoms with Gasteiger partial charge >= 0.3 is 66.4 Å². The number of nitrogens with zero attached hydrogens (tertiary/aromatic N) is 1. The molecule has 0 aliphatic rings. The van der Waals surface area contributed by atoms with Crippen LogP contribution in [0, 0.1) is 10.2 Å². The topological polar surface area (TPSA) is 67.2 Å². The molecule has 0 N–H and O–H groups in total. The minimum absolute atomic E-state index is 0.00354. The Balaban J connectivity index is 3.80. The van der Waals surface area contributed by atoms with E-state index in [0.717, 1.165) is 0 Å². The zero-order chi connectivity index (χ0) is 8.04. The quantitative estimate of drug-likeness (QED) is 0.627. The van der Waals surface area contributed by atoms with Gasteiger partial charge in [0, 0.05) is 0 Å². The number of nitriles is 1. The molecule has 0 radical (unpaired) electrons. The van der Waals surface area contributed by atoms with Gasteiger partial charge in [-0.2, -0.15) is 0 Å². The molecule has 0 aliphatic carbocycles. The first-order valence-corrected chi connectivity index (χ1v) is 5.72. The Bertz CT molecular complexity index is 217. The van der Waals surface area contributed by atoms with Crippen molar-refractivity contribution in [1.82, 2.24) is 0 Å². The molecule has 0 heterocycles. The fourth-order valence-corrected chi connectivity index (χ4v) is 2.33. The first kappa shape index (κ1) is 9.92. The summed E-state index contributed by atoms with van der Waals surface area (Å²) in [5.41, 5.74) is 0. The maximum absolute atomic E-state index is 10.6. The standard InChI is InChI=1S/C4H7NO3SSe/c1-2-3-9(6,7)8-10-4-5/h2-3H2,1H3. The second kappa shape index (κ2) is 4.69. The van der Waals surface area contributed by atoms with E-state index in [1.807, 2.05) is 0 Å². The zero-order valence-corrected chi connectivity index (χ0v) is 7.93.